The summed E-state index contributed by atoms with van der Waals surface area (Å²) in [5.41, 5.74) is 0.254. The molecule has 0 bridgehead atoms. The van der Waals surface area contributed by atoms with Crippen LogP contribution in [0, 0.1) is 0 Å². The average Bonchev–Trinajstić information content (AvgIpc) is 1.24. The average molecular weight is 1460 g/mol. The van der Waals surface area contributed by atoms with Crippen LogP contribution in [0.25, 0.3) is 0 Å². The molecule has 3 aromatic carbocycles. The third-order valence-electron chi connectivity index (χ3n) is 12.3. The Kier molecular flexibility index (Phi) is 39.8. The van der Waals surface area contributed by atoms with E-state index in [0.29, 0.717) is 38.7 Å². The van der Waals surface area contributed by atoms with Crippen molar-refractivity contribution in [3.8, 4) is 0 Å². The van der Waals surface area contributed by atoms with Gasteiger partial charge in [0.1, 0.15) is 48.3 Å². The smallest absolute Gasteiger partial charge is 0.870 e. The van der Waals surface area contributed by atoms with Gasteiger partial charge in [-0.3, -0.25) is 14.4 Å². The number of hydrogen-bond donors (Lipinski definition) is 1. The normalized spacial score (nSPS) is 17.4. The maximum Gasteiger partial charge on any atom is 1.00 e. The van der Waals surface area contributed by atoms with Crippen LogP contribution in [0.5, 0.6) is 0 Å². The summed E-state index contributed by atoms with van der Waals surface area (Å²) < 4.78 is 35.6. The second-order valence-electron chi connectivity index (χ2n) is 25.0. The molecule has 30 heteroatoms. The first kappa shape index (κ1) is 87.4. The van der Waals surface area contributed by atoms with Gasteiger partial charge in [0, 0.05) is 38.5 Å². The Hall–Kier alpha value is -6.57. The van der Waals surface area contributed by atoms with Gasteiger partial charge in [0.2, 0.25) is 11.1 Å². The number of nitrogens with one attached hydrogen (secondary N) is 1. The Labute approximate surface area is 587 Å². The van der Waals surface area contributed by atoms with E-state index < -0.39 is 77.0 Å². The van der Waals surface area contributed by atoms with Crippen LogP contribution in [0.3, 0.4) is 0 Å². The monoisotopic (exact) mass is 1450 g/mol. The fourth-order valence-electron chi connectivity index (χ4n) is 8.60. The van der Waals surface area contributed by atoms with E-state index in [9.17, 15) is 47.9 Å². The van der Waals surface area contributed by atoms with Gasteiger partial charge in [0.25, 0.3) is 5.91 Å². The van der Waals surface area contributed by atoms with Crippen molar-refractivity contribution in [3.05, 3.63) is 108 Å². The third kappa shape index (κ3) is 34.7. The summed E-state index contributed by atoms with van der Waals surface area (Å²) in [5.74, 6) is -0.768. The van der Waals surface area contributed by atoms with Crippen LogP contribution in [0.15, 0.2) is 101 Å². The van der Waals surface area contributed by atoms with Crippen molar-refractivity contribution in [1.29, 1.82) is 0 Å². The molecule has 513 valence electrons. The van der Waals surface area contributed by atoms with E-state index >= 15 is 0 Å². The summed E-state index contributed by atoms with van der Waals surface area (Å²) >= 11 is 11.6. The van der Waals surface area contributed by atoms with Crippen molar-refractivity contribution in [3.63, 3.8) is 0 Å². The van der Waals surface area contributed by atoms with Gasteiger partial charge >= 0.3 is 61.5 Å². The summed E-state index contributed by atoms with van der Waals surface area (Å²) in [6.45, 7) is 21.3. The molecule has 25 nitrogen and oxygen atoms in total. The van der Waals surface area contributed by atoms with Crippen molar-refractivity contribution in [2.75, 3.05) is 37.0 Å². The Morgan fingerprint density at radius 2 is 0.979 bits per heavy atom. The van der Waals surface area contributed by atoms with Gasteiger partial charge in [-0.25, -0.2) is 53.4 Å². The van der Waals surface area contributed by atoms with Crippen molar-refractivity contribution < 1.29 is 105 Å². The number of benzene rings is 3. The first-order valence-electron chi connectivity index (χ1n) is 29.8. The zero-order valence-corrected chi connectivity index (χ0v) is 60.0. The van der Waals surface area contributed by atoms with Crippen LogP contribution in [0.4, 0.5) is 33.6 Å². The minimum absolute atomic E-state index is 0. The Morgan fingerprint density at radius 3 is 1.38 bits per heavy atom. The topological polar surface area (TPSA) is 315 Å². The summed E-state index contributed by atoms with van der Waals surface area (Å²) in [6, 6.07) is 27.6. The molecule has 4 aliphatic rings. The van der Waals surface area contributed by atoms with Crippen molar-refractivity contribution in [2.45, 2.75) is 194 Å². The van der Waals surface area contributed by atoms with Crippen LogP contribution in [0.1, 0.15) is 145 Å². The van der Waals surface area contributed by atoms with Crippen LogP contribution < -0.4 is 24.2 Å². The maximum atomic E-state index is 13.7. The van der Waals surface area contributed by atoms with Gasteiger partial charge in [-0.2, -0.15) is 0 Å². The molecule has 3 aromatic rings. The van der Waals surface area contributed by atoms with Crippen molar-refractivity contribution >= 4 is 112 Å². The third-order valence-corrected chi connectivity index (χ3v) is 13.6. The number of amides is 9. The van der Waals surface area contributed by atoms with E-state index in [1.54, 1.807) is 83.1 Å². The molecule has 4 heterocycles. The molecule has 4 fully saturated rings. The minimum Gasteiger partial charge on any atom is -0.870 e. The van der Waals surface area contributed by atoms with Gasteiger partial charge in [-0.1, -0.05) is 133 Å². The number of ether oxygens (including phenoxy) is 7. The van der Waals surface area contributed by atoms with E-state index in [0.717, 1.165) is 62.4 Å². The number of carbonyl (C=O) groups excluding carboxylic acids is 10. The number of halogens is 3. The molecule has 9 amide bonds. The molecule has 0 aromatic heterocycles. The molecule has 7 rings (SSSR count). The van der Waals surface area contributed by atoms with Crippen LogP contribution in [-0.2, 0) is 66.8 Å². The molecule has 94 heavy (non-hydrogen) atoms. The van der Waals surface area contributed by atoms with Crippen molar-refractivity contribution in [2.24, 2.45) is 10.2 Å². The molecule has 4 aliphatic heterocycles. The zero-order chi connectivity index (χ0) is 68.1. The molecule has 3 radical (unpaired) electrons. The second kappa shape index (κ2) is 42.8. The maximum absolute atomic E-state index is 13.7. The molecule has 0 saturated carbocycles. The summed E-state index contributed by atoms with van der Waals surface area (Å²) in [6.07, 6.45) is 1.03. The van der Waals surface area contributed by atoms with Gasteiger partial charge in [0.05, 0.1) is 18.1 Å². The number of alkyl carbamates (subject to hydrolysis) is 1. The van der Waals surface area contributed by atoms with Gasteiger partial charge in [0.15, 0.2) is 0 Å². The molecule has 0 spiro atoms. The molecule has 4 atom stereocenters. The van der Waals surface area contributed by atoms with E-state index in [1.807, 2.05) is 91.0 Å². The summed E-state index contributed by atoms with van der Waals surface area (Å²) in [7, 11) is 0. The van der Waals surface area contributed by atoms with Crippen molar-refractivity contribution in [1.82, 2.24) is 25.1 Å². The minimum atomic E-state index is -1.13. The second-order valence-corrected chi connectivity index (χ2v) is 27.0. The first-order chi connectivity index (χ1) is 42.6. The number of carbonyl (C=O) groups is 10. The number of unbranched alkanes of at least 4 members (excludes halogenated alkanes) is 1. The van der Waals surface area contributed by atoms with Crippen LogP contribution in [0.2, 0.25) is 0 Å². The van der Waals surface area contributed by atoms with Crippen LogP contribution in [-0.4, -0.2) is 177 Å². The largest absolute Gasteiger partial charge is 1.00 e. The van der Waals surface area contributed by atoms with Gasteiger partial charge in [-0.05, 0) is 163 Å². The number of alkyl halides is 2. The molecule has 4 saturated heterocycles. The fourth-order valence-corrected chi connectivity index (χ4v) is 9.41. The Morgan fingerprint density at radius 1 is 0.564 bits per heavy atom. The van der Waals surface area contributed by atoms with Crippen LogP contribution >= 0.6 is 43.5 Å². The quantitative estimate of drug-likeness (QED) is 0.0391. The van der Waals surface area contributed by atoms with E-state index in [1.165, 1.54) is 10.5 Å². The zero-order valence-electron chi connectivity index (χ0n) is 56.1. The Balaban J connectivity index is 0.00000125. The van der Waals surface area contributed by atoms with E-state index in [2.05, 4.69) is 47.4 Å². The van der Waals surface area contributed by atoms with Gasteiger partial charge in [-0.15, -0.1) is 0 Å². The molecule has 2 N–H and O–H groups in total. The van der Waals surface area contributed by atoms with E-state index in [4.69, 9.17) is 44.8 Å². The number of hydrazine groups is 1. The number of hydrogen-bond acceptors (Lipinski definition) is 18. The predicted molar refractivity (Wildman–Crippen MR) is 353 cm³/mol. The molecule has 0 aliphatic carbocycles. The predicted octanol–water partition coefficient (Wildman–Crippen LogP) is 10.3. The molecular formula is C64H89BBr2ClLiN7O18. The standard InChI is InChI=1S/C25H35N3O7.C14H16BrNO3.C10H18N2O4.C10H11NO2.C5H8BrClO.B.Li.H2O/c1-24(2,3)34-21(30)26-14-10-13-19(28(26)23(32)35-25(4,5)6)20(29)27-18(16-33-22(27)31)15-17-11-8-7-9-12-17;15-8-4-7-13(17)16-12(10-19-14(16)18)9-11-5-2-1-3-6-11;1-9(2,3)15-7(13)11-12-8(14)16-10(4,5)6;12-10-11-9(7-13-10)6-8-4-2-1-3-5-8;6-4-2-1-3-5(7)8;;;/h7-9,11-12,18-19H,10,13-16H2,1-6H3;1-3,5-6,12H,4,7-10H2;1-6H3;1-5,9H,6-7H2,(H,11,12);1-4H2;;;1H2/q;;;;;;+1;/p-1/t18-,19-;12-;;9-;;;;/m00.0..../s1. The number of rotatable bonds is 14. The number of cyclic esters (lactones) is 3. The number of nitrogens with zero attached hydrogens (tertiary/aromatic N) is 6. The fraction of sp³-hybridized carbons (Fsp3) is 0.562. The summed E-state index contributed by atoms with van der Waals surface area (Å²) in [4.78, 5) is 121. The Bertz CT molecular complexity index is 2870. The summed E-state index contributed by atoms with van der Waals surface area (Å²) in [5, 5.41) is 12.5. The first-order valence-corrected chi connectivity index (χ1v) is 32.5. The molecular weight excluding hydrogens is 1370 g/mol. The van der Waals surface area contributed by atoms with E-state index in [-0.39, 0.29) is 88.3 Å². The van der Waals surface area contributed by atoms with Gasteiger partial charge < -0.3 is 44.0 Å². The number of imide groups is 2. The molecule has 0 unspecified atom stereocenters. The SMILES string of the molecule is CC(C)(C)OC(=O)N1CCC[C@@H](C(=O)N2C(=O)OC[C@@H]2Cc2ccccc2)N1C(=O)OC(C)(C)C.CC(C)(C)OC(=O)N=NC(=O)OC(C)(C)C.O=C(CCCBr)N1C(=O)OC[C@@H]1Cc1ccccc1.O=C(Cl)CCCCBr.O=C1N[C@@H](Cc2ccccc2)CO1.[B].[Li+].[OH-]. The number of azo groups is 1.